The number of rotatable bonds is 5. The maximum atomic E-state index is 13.1. The normalized spacial score (nSPS) is 14.5. The molecule has 0 unspecified atom stereocenters. The minimum absolute atomic E-state index is 0.538. The Morgan fingerprint density at radius 3 is 2.50 bits per heavy atom. The molecule has 1 saturated carbocycles. The monoisotopic (exact) mass is 273 g/mol. The SMILES string of the molecule is Fc1ccc(CNCc2ccccc2C2CC2)cc1F. The highest BCUT2D eigenvalue weighted by Gasteiger charge is 2.25. The van der Waals surface area contributed by atoms with Gasteiger partial charge in [0.25, 0.3) is 0 Å². The summed E-state index contributed by atoms with van der Waals surface area (Å²) in [5.41, 5.74) is 3.48. The zero-order valence-corrected chi connectivity index (χ0v) is 11.2. The van der Waals surface area contributed by atoms with Crippen LogP contribution in [0.2, 0.25) is 0 Å². The first-order valence-electron chi connectivity index (χ1n) is 6.96. The van der Waals surface area contributed by atoms with Gasteiger partial charge >= 0.3 is 0 Å². The van der Waals surface area contributed by atoms with Gasteiger partial charge in [-0.2, -0.15) is 0 Å². The summed E-state index contributed by atoms with van der Waals surface area (Å²) in [6.45, 7) is 1.29. The zero-order chi connectivity index (χ0) is 13.9. The van der Waals surface area contributed by atoms with Gasteiger partial charge < -0.3 is 5.32 Å². The predicted molar refractivity (Wildman–Crippen MR) is 75.3 cm³/mol. The van der Waals surface area contributed by atoms with Gasteiger partial charge in [0.15, 0.2) is 11.6 Å². The van der Waals surface area contributed by atoms with E-state index < -0.39 is 11.6 Å². The van der Waals surface area contributed by atoms with Crippen molar-refractivity contribution in [3.05, 3.63) is 70.8 Å². The molecule has 0 spiro atoms. The van der Waals surface area contributed by atoms with Gasteiger partial charge in [0, 0.05) is 13.1 Å². The van der Waals surface area contributed by atoms with Crippen LogP contribution in [-0.4, -0.2) is 0 Å². The summed E-state index contributed by atoms with van der Waals surface area (Å²) in [6, 6.07) is 12.5. The Kier molecular flexibility index (Phi) is 3.79. The molecular weight excluding hydrogens is 256 g/mol. The highest BCUT2D eigenvalue weighted by atomic mass is 19.2. The molecule has 0 bridgehead atoms. The molecule has 1 N–H and O–H groups in total. The second-order valence-electron chi connectivity index (χ2n) is 5.33. The number of nitrogens with one attached hydrogen (secondary N) is 1. The van der Waals surface area contributed by atoms with Gasteiger partial charge in [-0.15, -0.1) is 0 Å². The molecule has 0 atom stereocenters. The summed E-state index contributed by atoms with van der Waals surface area (Å²) in [5, 5.41) is 3.30. The first-order valence-corrected chi connectivity index (χ1v) is 6.96. The van der Waals surface area contributed by atoms with Crippen molar-refractivity contribution in [2.75, 3.05) is 0 Å². The lowest BCUT2D eigenvalue weighted by atomic mass is 10.0. The molecule has 0 radical (unpaired) electrons. The van der Waals surface area contributed by atoms with Crippen LogP contribution in [0.1, 0.15) is 35.4 Å². The largest absolute Gasteiger partial charge is 0.309 e. The third-order valence-corrected chi connectivity index (χ3v) is 3.70. The average Bonchev–Trinajstić information content (AvgIpc) is 3.28. The molecule has 2 aromatic rings. The fraction of sp³-hybridized carbons (Fsp3) is 0.294. The topological polar surface area (TPSA) is 12.0 Å². The van der Waals surface area contributed by atoms with Gasteiger partial charge in [-0.25, -0.2) is 8.78 Å². The van der Waals surface area contributed by atoms with E-state index >= 15 is 0 Å². The molecule has 1 nitrogen and oxygen atoms in total. The summed E-state index contributed by atoms with van der Waals surface area (Å²) in [6.07, 6.45) is 2.56. The van der Waals surface area contributed by atoms with E-state index in [2.05, 4.69) is 23.5 Å². The van der Waals surface area contributed by atoms with Crippen LogP contribution in [0.25, 0.3) is 0 Å². The van der Waals surface area contributed by atoms with E-state index in [1.54, 1.807) is 6.07 Å². The highest BCUT2D eigenvalue weighted by molar-refractivity contribution is 5.33. The molecule has 3 rings (SSSR count). The molecule has 0 aliphatic heterocycles. The summed E-state index contributed by atoms with van der Waals surface area (Å²) >= 11 is 0. The molecule has 3 heteroatoms. The number of halogens is 2. The Hall–Kier alpha value is -1.74. The average molecular weight is 273 g/mol. The molecule has 1 aliphatic rings. The van der Waals surface area contributed by atoms with Crippen molar-refractivity contribution >= 4 is 0 Å². The molecule has 0 saturated heterocycles. The Morgan fingerprint density at radius 1 is 0.950 bits per heavy atom. The summed E-state index contributed by atoms with van der Waals surface area (Å²) in [5.74, 6) is -0.869. The van der Waals surface area contributed by atoms with E-state index in [-0.39, 0.29) is 0 Å². The predicted octanol–water partition coefficient (Wildman–Crippen LogP) is 4.13. The van der Waals surface area contributed by atoms with E-state index in [1.165, 1.54) is 36.1 Å². The second kappa shape index (κ2) is 5.71. The van der Waals surface area contributed by atoms with Gasteiger partial charge in [0.2, 0.25) is 0 Å². The molecule has 104 valence electrons. The van der Waals surface area contributed by atoms with Crippen LogP contribution in [0.5, 0.6) is 0 Å². The fourth-order valence-corrected chi connectivity index (χ4v) is 2.48. The van der Waals surface area contributed by atoms with Crippen LogP contribution in [-0.2, 0) is 13.1 Å². The van der Waals surface area contributed by atoms with E-state index in [1.807, 2.05) is 6.07 Å². The lowest BCUT2D eigenvalue weighted by Crippen LogP contribution is -2.14. The summed E-state index contributed by atoms with van der Waals surface area (Å²) < 4.78 is 25.9. The van der Waals surface area contributed by atoms with Gasteiger partial charge in [-0.05, 0) is 47.6 Å². The van der Waals surface area contributed by atoms with E-state index in [9.17, 15) is 8.78 Å². The molecular formula is C17H17F2N. The van der Waals surface area contributed by atoms with Crippen molar-refractivity contribution < 1.29 is 8.78 Å². The first kappa shape index (κ1) is 13.3. The Labute approximate surface area is 117 Å². The molecule has 2 aromatic carbocycles. The Balaban J connectivity index is 1.61. The third kappa shape index (κ3) is 3.05. The van der Waals surface area contributed by atoms with E-state index in [4.69, 9.17) is 0 Å². The van der Waals surface area contributed by atoms with Crippen molar-refractivity contribution in [1.29, 1.82) is 0 Å². The quantitative estimate of drug-likeness (QED) is 0.863. The first-order chi connectivity index (χ1) is 9.74. The molecule has 0 aromatic heterocycles. The number of hydrogen-bond acceptors (Lipinski definition) is 1. The minimum atomic E-state index is -0.798. The van der Waals surface area contributed by atoms with Crippen LogP contribution < -0.4 is 5.32 Å². The summed E-state index contributed by atoms with van der Waals surface area (Å²) in [4.78, 5) is 0. The van der Waals surface area contributed by atoms with Crippen LogP contribution in [0.4, 0.5) is 8.78 Å². The lowest BCUT2D eigenvalue weighted by molar-refractivity contribution is 0.506. The van der Waals surface area contributed by atoms with Crippen molar-refractivity contribution in [2.45, 2.75) is 31.8 Å². The molecule has 20 heavy (non-hydrogen) atoms. The minimum Gasteiger partial charge on any atom is -0.309 e. The van der Waals surface area contributed by atoms with E-state index in [0.717, 1.165) is 18.0 Å². The molecule has 1 fully saturated rings. The van der Waals surface area contributed by atoms with Gasteiger partial charge in [0.05, 0.1) is 0 Å². The lowest BCUT2D eigenvalue weighted by Gasteiger charge is -2.10. The molecule has 0 amide bonds. The van der Waals surface area contributed by atoms with Crippen molar-refractivity contribution in [3.63, 3.8) is 0 Å². The summed E-state index contributed by atoms with van der Waals surface area (Å²) in [7, 11) is 0. The Morgan fingerprint density at radius 2 is 1.75 bits per heavy atom. The van der Waals surface area contributed by atoms with Gasteiger partial charge in [-0.1, -0.05) is 30.3 Å². The third-order valence-electron chi connectivity index (χ3n) is 3.70. The maximum absolute atomic E-state index is 13.1. The van der Waals surface area contributed by atoms with Crippen molar-refractivity contribution in [3.8, 4) is 0 Å². The second-order valence-corrected chi connectivity index (χ2v) is 5.33. The van der Waals surface area contributed by atoms with Crippen LogP contribution in [0, 0.1) is 11.6 Å². The van der Waals surface area contributed by atoms with Crippen LogP contribution in [0.3, 0.4) is 0 Å². The fourth-order valence-electron chi connectivity index (χ4n) is 2.48. The zero-order valence-electron chi connectivity index (χ0n) is 11.2. The van der Waals surface area contributed by atoms with Crippen LogP contribution in [0.15, 0.2) is 42.5 Å². The Bertz CT molecular complexity index is 606. The number of benzene rings is 2. The smallest absolute Gasteiger partial charge is 0.159 e. The van der Waals surface area contributed by atoms with E-state index in [0.29, 0.717) is 6.54 Å². The molecule has 0 heterocycles. The standard InChI is InChI=1S/C17H17F2N/c18-16-8-5-12(9-17(16)19)10-20-11-14-3-1-2-4-15(14)13-6-7-13/h1-5,8-9,13,20H,6-7,10-11H2. The highest BCUT2D eigenvalue weighted by Crippen LogP contribution is 2.41. The van der Waals surface area contributed by atoms with Crippen molar-refractivity contribution in [2.24, 2.45) is 0 Å². The van der Waals surface area contributed by atoms with Gasteiger partial charge in [0.1, 0.15) is 0 Å². The van der Waals surface area contributed by atoms with Crippen molar-refractivity contribution in [1.82, 2.24) is 5.32 Å². The van der Waals surface area contributed by atoms with Crippen LogP contribution >= 0.6 is 0 Å². The van der Waals surface area contributed by atoms with Gasteiger partial charge in [-0.3, -0.25) is 0 Å². The number of hydrogen-bond donors (Lipinski definition) is 1. The molecule has 1 aliphatic carbocycles. The maximum Gasteiger partial charge on any atom is 0.159 e.